The van der Waals surface area contributed by atoms with Crippen LogP contribution in [0.2, 0.25) is 0 Å². The Balaban J connectivity index is 2.23. The Morgan fingerprint density at radius 3 is 2.36 bits per heavy atom. The number of carbonyl (C=O) groups is 1. The molecule has 0 aliphatic rings. The lowest BCUT2D eigenvalue weighted by Gasteiger charge is -2.14. The lowest BCUT2D eigenvalue weighted by molar-refractivity contribution is 0.0910. The maximum Gasteiger partial charge on any atom is 0.287 e. The van der Waals surface area contributed by atoms with E-state index in [0.29, 0.717) is 28.8 Å². The number of amides is 1. The lowest BCUT2D eigenvalue weighted by atomic mass is 10.1. The predicted molar refractivity (Wildman–Crippen MR) is 85.7 cm³/mol. The molecule has 2 aromatic rings. The molecule has 1 amide bonds. The Labute approximate surface area is 130 Å². The van der Waals surface area contributed by atoms with Crippen LogP contribution in [0.15, 0.2) is 22.6 Å². The number of ether oxygens (including phenoxy) is 2. The molecule has 5 nitrogen and oxygen atoms in total. The maximum atomic E-state index is 12.2. The third-order valence-electron chi connectivity index (χ3n) is 3.45. The fourth-order valence-corrected chi connectivity index (χ4v) is 2.54. The molecule has 0 aliphatic carbocycles. The molecular formula is C17H23NO4. The van der Waals surface area contributed by atoms with Gasteiger partial charge in [0.05, 0.1) is 14.2 Å². The molecule has 1 unspecified atom stereocenters. The van der Waals surface area contributed by atoms with E-state index in [1.807, 2.05) is 6.92 Å². The average molecular weight is 305 g/mol. The van der Waals surface area contributed by atoms with Gasteiger partial charge in [-0.05, 0) is 31.4 Å². The van der Waals surface area contributed by atoms with E-state index in [9.17, 15) is 4.79 Å². The Morgan fingerprint density at radius 1 is 1.14 bits per heavy atom. The number of fused-ring (bicyclic) bond motifs is 1. The lowest BCUT2D eigenvalue weighted by Crippen LogP contribution is -2.33. The maximum absolute atomic E-state index is 12.2. The molecule has 5 heteroatoms. The van der Waals surface area contributed by atoms with Crippen LogP contribution in [0.1, 0.15) is 37.7 Å². The van der Waals surface area contributed by atoms with Gasteiger partial charge >= 0.3 is 0 Å². The highest BCUT2D eigenvalue weighted by Crippen LogP contribution is 2.33. The van der Waals surface area contributed by atoms with Crippen molar-refractivity contribution >= 4 is 16.9 Å². The van der Waals surface area contributed by atoms with Gasteiger partial charge in [-0.25, -0.2) is 0 Å². The number of furan rings is 1. The minimum atomic E-state index is -0.206. The van der Waals surface area contributed by atoms with Crippen molar-refractivity contribution in [1.82, 2.24) is 5.32 Å². The zero-order valence-electron chi connectivity index (χ0n) is 13.7. The summed E-state index contributed by atoms with van der Waals surface area (Å²) in [6.45, 7) is 6.25. The molecule has 1 atom stereocenters. The predicted octanol–water partition coefficient (Wildman–Crippen LogP) is 3.61. The van der Waals surface area contributed by atoms with Crippen molar-refractivity contribution < 1.29 is 18.7 Å². The quantitative estimate of drug-likeness (QED) is 0.885. The number of rotatable bonds is 6. The normalized spacial score (nSPS) is 12.5. The molecule has 1 aromatic heterocycles. The Morgan fingerprint density at radius 2 is 1.77 bits per heavy atom. The molecule has 0 saturated carbocycles. The zero-order chi connectivity index (χ0) is 16.3. The number of hydrogen-bond donors (Lipinski definition) is 1. The Bertz CT molecular complexity index is 619. The SMILES string of the molecule is COc1cc2cc(C(=O)NC(C)CC(C)C)oc2cc1OC. The van der Waals surface area contributed by atoms with Gasteiger partial charge in [-0.3, -0.25) is 4.79 Å². The number of carbonyl (C=O) groups excluding carboxylic acids is 1. The Kier molecular flexibility index (Phi) is 4.96. The summed E-state index contributed by atoms with van der Waals surface area (Å²) in [5.41, 5.74) is 0.597. The minimum Gasteiger partial charge on any atom is -0.493 e. The summed E-state index contributed by atoms with van der Waals surface area (Å²) in [7, 11) is 3.14. The monoisotopic (exact) mass is 305 g/mol. The molecule has 0 fully saturated rings. The summed E-state index contributed by atoms with van der Waals surface area (Å²) in [4.78, 5) is 12.2. The highest BCUT2D eigenvalue weighted by molar-refractivity contribution is 5.96. The molecule has 0 radical (unpaired) electrons. The van der Waals surface area contributed by atoms with Gasteiger partial charge in [0.15, 0.2) is 17.3 Å². The highest BCUT2D eigenvalue weighted by Gasteiger charge is 2.17. The van der Waals surface area contributed by atoms with Gasteiger partial charge in [-0.15, -0.1) is 0 Å². The standard InChI is InChI=1S/C17H23NO4/c1-10(2)6-11(3)18-17(19)16-8-12-7-14(20-4)15(21-5)9-13(12)22-16/h7-11H,6H2,1-5H3,(H,18,19). The summed E-state index contributed by atoms with van der Waals surface area (Å²) in [5, 5.41) is 3.76. The first kappa shape index (κ1) is 16.2. The molecule has 1 heterocycles. The van der Waals surface area contributed by atoms with Gasteiger partial charge in [-0.1, -0.05) is 13.8 Å². The molecule has 1 N–H and O–H groups in total. The molecular weight excluding hydrogens is 282 g/mol. The molecule has 1 aromatic carbocycles. The third kappa shape index (κ3) is 3.53. The second-order valence-electron chi connectivity index (χ2n) is 5.86. The van der Waals surface area contributed by atoms with Gasteiger partial charge < -0.3 is 19.2 Å². The number of nitrogens with one attached hydrogen (secondary N) is 1. The van der Waals surface area contributed by atoms with E-state index in [1.165, 1.54) is 0 Å². The van der Waals surface area contributed by atoms with E-state index in [0.717, 1.165) is 11.8 Å². The summed E-state index contributed by atoms with van der Waals surface area (Å²) in [5.74, 6) is 1.79. The zero-order valence-corrected chi connectivity index (χ0v) is 13.7. The van der Waals surface area contributed by atoms with Crippen molar-refractivity contribution in [3.63, 3.8) is 0 Å². The van der Waals surface area contributed by atoms with Crippen LogP contribution in [0.4, 0.5) is 0 Å². The van der Waals surface area contributed by atoms with E-state index >= 15 is 0 Å². The van der Waals surface area contributed by atoms with Crippen molar-refractivity contribution in [2.75, 3.05) is 14.2 Å². The van der Waals surface area contributed by atoms with Crippen molar-refractivity contribution in [1.29, 1.82) is 0 Å². The molecule has 120 valence electrons. The van der Waals surface area contributed by atoms with Crippen LogP contribution in [-0.2, 0) is 0 Å². The van der Waals surface area contributed by atoms with Gasteiger partial charge in [0.25, 0.3) is 5.91 Å². The Hall–Kier alpha value is -2.17. The van der Waals surface area contributed by atoms with Crippen LogP contribution >= 0.6 is 0 Å². The molecule has 0 aliphatic heterocycles. The van der Waals surface area contributed by atoms with E-state index in [-0.39, 0.29) is 11.9 Å². The minimum absolute atomic E-state index is 0.102. The van der Waals surface area contributed by atoms with Gasteiger partial charge in [0, 0.05) is 17.5 Å². The van der Waals surface area contributed by atoms with Crippen molar-refractivity contribution in [2.45, 2.75) is 33.2 Å². The van der Waals surface area contributed by atoms with E-state index in [1.54, 1.807) is 32.4 Å². The summed E-state index contributed by atoms with van der Waals surface area (Å²) in [6.07, 6.45) is 0.924. The van der Waals surface area contributed by atoms with Crippen molar-refractivity contribution in [3.05, 3.63) is 24.0 Å². The second kappa shape index (κ2) is 6.73. The van der Waals surface area contributed by atoms with Crippen molar-refractivity contribution in [2.24, 2.45) is 5.92 Å². The van der Waals surface area contributed by atoms with E-state index < -0.39 is 0 Å². The fourth-order valence-electron chi connectivity index (χ4n) is 2.54. The van der Waals surface area contributed by atoms with E-state index in [4.69, 9.17) is 13.9 Å². The number of methoxy groups -OCH3 is 2. The molecule has 0 saturated heterocycles. The topological polar surface area (TPSA) is 60.7 Å². The van der Waals surface area contributed by atoms with Gasteiger partial charge in [-0.2, -0.15) is 0 Å². The number of benzene rings is 1. The van der Waals surface area contributed by atoms with Crippen LogP contribution in [0, 0.1) is 5.92 Å². The summed E-state index contributed by atoms with van der Waals surface area (Å²) < 4.78 is 16.1. The molecule has 22 heavy (non-hydrogen) atoms. The number of hydrogen-bond acceptors (Lipinski definition) is 4. The van der Waals surface area contributed by atoms with Gasteiger partial charge in [0.2, 0.25) is 0 Å². The summed E-state index contributed by atoms with van der Waals surface area (Å²) >= 11 is 0. The summed E-state index contributed by atoms with van der Waals surface area (Å²) in [6, 6.07) is 5.34. The van der Waals surface area contributed by atoms with Crippen LogP contribution in [0.5, 0.6) is 11.5 Å². The molecule has 0 bridgehead atoms. The third-order valence-corrected chi connectivity index (χ3v) is 3.45. The smallest absolute Gasteiger partial charge is 0.287 e. The van der Waals surface area contributed by atoms with E-state index in [2.05, 4.69) is 19.2 Å². The van der Waals surface area contributed by atoms with Crippen molar-refractivity contribution in [3.8, 4) is 11.5 Å². The van der Waals surface area contributed by atoms with Crippen LogP contribution in [0.3, 0.4) is 0 Å². The largest absolute Gasteiger partial charge is 0.493 e. The first-order valence-electron chi connectivity index (χ1n) is 7.41. The van der Waals surface area contributed by atoms with Crippen LogP contribution in [0.25, 0.3) is 11.0 Å². The highest BCUT2D eigenvalue weighted by atomic mass is 16.5. The van der Waals surface area contributed by atoms with Crippen LogP contribution in [-0.4, -0.2) is 26.2 Å². The fraction of sp³-hybridized carbons (Fsp3) is 0.471. The average Bonchev–Trinajstić information content (AvgIpc) is 2.87. The van der Waals surface area contributed by atoms with Gasteiger partial charge in [0.1, 0.15) is 5.58 Å². The molecule has 2 rings (SSSR count). The molecule has 0 spiro atoms. The first-order valence-corrected chi connectivity index (χ1v) is 7.41. The van der Waals surface area contributed by atoms with Crippen LogP contribution < -0.4 is 14.8 Å². The first-order chi connectivity index (χ1) is 10.4. The second-order valence-corrected chi connectivity index (χ2v) is 5.86.